The van der Waals surface area contributed by atoms with Crippen LogP contribution in [0.4, 0.5) is 5.69 Å². The Kier molecular flexibility index (Phi) is 5.79. The maximum atomic E-state index is 12.0. The second-order valence-electron chi connectivity index (χ2n) is 4.57. The normalized spacial score (nSPS) is 13.0. The summed E-state index contributed by atoms with van der Waals surface area (Å²) >= 11 is 1.43. The molecule has 0 atom stereocenters. The molecular weight excluding hydrogens is 306 g/mol. The Hall–Kier alpha value is -2.06. The number of benzene rings is 1. The fourth-order valence-electron chi connectivity index (χ4n) is 1.84. The molecule has 1 aromatic rings. The predicted molar refractivity (Wildman–Crippen MR) is 83.0 cm³/mol. The quantitative estimate of drug-likeness (QED) is 0.651. The van der Waals surface area contributed by atoms with E-state index in [4.69, 9.17) is 4.74 Å². The lowest BCUT2D eigenvalue weighted by molar-refractivity contribution is -0.120. The molecule has 0 fully saturated rings. The largest absolute Gasteiger partial charge is 0.383 e. The molecule has 1 aromatic carbocycles. The molecule has 22 heavy (non-hydrogen) atoms. The number of rotatable bonds is 6. The summed E-state index contributed by atoms with van der Waals surface area (Å²) in [5.41, 5.74) is 1.02. The molecule has 0 radical (unpaired) electrons. The highest BCUT2D eigenvalue weighted by molar-refractivity contribution is 8.00. The number of ether oxygens (including phenoxy) is 1. The molecule has 0 aliphatic carbocycles. The van der Waals surface area contributed by atoms with E-state index in [1.165, 1.54) is 11.8 Å². The zero-order valence-electron chi connectivity index (χ0n) is 12.1. The number of hydrogen-bond donors (Lipinski definition) is 3. The van der Waals surface area contributed by atoms with Gasteiger partial charge in [0.1, 0.15) is 0 Å². The number of carbonyl (C=O) groups excluding carboxylic acids is 3. The van der Waals surface area contributed by atoms with Crippen LogP contribution < -0.4 is 16.0 Å². The molecule has 118 valence electrons. The highest BCUT2D eigenvalue weighted by atomic mass is 32.2. The van der Waals surface area contributed by atoms with Gasteiger partial charge in [-0.15, -0.1) is 11.8 Å². The first-order chi connectivity index (χ1) is 10.6. The molecule has 0 unspecified atom stereocenters. The second kappa shape index (κ2) is 7.81. The molecule has 0 saturated carbocycles. The minimum absolute atomic E-state index is 0.0902. The zero-order chi connectivity index (χ0) is 15.9. The van der Waals surface area contributed by atoms with Crippen molar-refractivity contribution >= 4 is 35.2 Å². The number of thioether (sulfide) groups is 1. The van der Waals surface area contributed by atoms with Gasteiger partial charge < -0.3 is 20.7 Å². The van der Waals surface area contributed by atoms with E-state index < -0.39 is 0 Å². The molecule has 0 saturated heterocycles. The van der Waals surface area contributed by atoms with E-state index in [9.17, 15) is 14.4 Å². The van der Waals surface area contributed by atoms with E-state index in [0.717, 1.165) is 4.90 Å². The first kappa shape index (κ1) is 16.3. The Bertz CT molecular complexity index is 591. The summed E-state index contributed by atoms with van der Waals surface area (Å²) in [5.74, 6) is -0.366. The van der Waals surface area contributed by atoms with E-state index in [-0.39, 0.29) is 24.3 Å². The molecule has 8 heteroatoms. The fourth-order valence-corrected chi connectivity index (χ4v) is 2.63. The van der Waals surface area contributed by atoms with Gasteiger partial charge in [0.15, 0.2) is 0 Å². The van der Waals surface area contributed by atoms with Crippen LogP contribution in [0.1, 0.15) is 10.4 Å². The van der Waals surface area contributed by atoms with Crippen molar-refractivity contribution in [1.29, 1.82) is 0 Å². The third kappa shape index (κ3) is 4.47. The summed E-state index contributed by atoms with van der Waals surface area (Å²) < 4.78 is 4.81. The molecular formula is C14H17N3O4S. The SMILES string of the molecule is COCCNC(=O)CNC(=O)c1ccc2c(c1)NC(=O)CS2. The van der Waals surface area contributed by atoms with Gasteiger partial charge in [0, 0.05) is 24.1 Å². The molecule has 1 heterocycles. The van der Waals surface area contributed by atoms with Crippen molar-refractivity contribution in [2.24, 2.45) is 0 Å². The molecule has 7 nitrogen and oxygen atoms in total. The average molecular weight is 323 g/mol. The van der Waals surface area contributed by atoms with Crippen molar-refractivity contribution in [2.75, 3.05) is 37.9 Å². The van der Waals surface area contributed by atoms with Gasteiger partial charge in [0.25, 0.3) is 5.91 Å². The van der Waals surface area contributed by atoms with Gasteiger partial charge in [0.2, 0.25) is 11.8 Å². The predicted octanol–water partition coefficient (Wildman–Crippen LogP) is 0.223. The topological polar surface area (TPSA) is 96.5 Å². The van der Waals surface area contributed by atoms with Gasteiger partial charge in [-0.25, -0.2) is 0 Å². The molecule has 3 N–H and O–H groups in total. The summed E-state index contributed by atoms with van der Waals surface area (Å²) in [5, 5.41) is 7.86. The Balaban J connectivity index is 1.89. The lowest BCUT2D eigenvalue weighted by Gasteiger charge is -2.16. The molecule has 2 rings (SSSR count). The molecule has 3 amide bonds. The maximum Gasteiger partial charge on any atom is 0.251 e. The van der Waals surface area contributed by atoms with Crippen LogP contribution in [0.3, 0.4) is 0 Å². The standard InChI is InChI=1S/C14H17N3O4S/c1-21-5-4-15-12(18)7-16-14(20)9-2-3-11-10(6-9)17-13(19)8-22-11/h2-3,6H,4-5,7-8H2,1H3,(H,15,18)(H,16,20)(H,17,19). The second-order valence-corrected chi connectivity index (χ2v) is 5.59. The Morgan fingerprint density at radius 1 is 1.36 bits per heavy atom. The van der Waals surface area contributed by atoms with Crippen molar-refractivity contribution in [3.8, 4) is 0 Å². The minimum atomic E-state index is -0.366. The third-order valence-electron chi connectivity index (χ3n) is 2.91. The summed E-state index contributed by atoms with van der Waals surface area (Å²) in [4.78, 5) is 35.8. The van der Waals surface area contributed by atoms with Crippen molar-refractivity contribution in [3.05, 3.63) is 23.8 Å². The third-order valence-corrected chi connectivity index (χ3v) is 3.99. The van der Waals surface area contributed by atoms with E-state index in [1.54, 1.807) is 25.3 Å². The number of nitrogens with one attached hydrogen (secondary N) is 3. The highest BCUT2D eigenvalue weighted by Gasteiger charge is 2.17. The summed E-state index contributed by atoms with van der Waals surface area (Å²) in [7, 11) is 1.54. The molecule has 0 bridgehead atoms. The van der Waals surface area contributed by atoms with Crippen LogP contribution in [0.2, 0.25) is 0 Å². The van der Waals surface area contributed by atoms with Gasteiger partial charge in [-0.1, -0.05) is 0 Å². The van der Waals surface area contributed by atoms with Crippen LogP contribution in [-0.2, 0) is 14.3 Å². The highest BCUT2D eigenvalue weighted by Crippen LogP contribution is 2.31. The van der Waals surface area contributed by atoms with Crippen LogP contribution in [0.15, 0.2) is 23.1 Å². The van der Waals surface area contributed by atoms with Crippen molar-refractivity contribution in [3.63, 3.8) is 0 Å². The van der Waals surface area contributed by atoms with Gasteiger partial charge >= 0.3 is 0 Å². The summed E-state index contributed by atoms with van der Waals surface area (Å²) in [6.45, 7) is 0.704. The summed E-state index contributed by atoms with van der Waals surface area (Å²) in [6.07, 6.45) is 0. The van der Waals surface area contributed by atoms with Gasteiger partial charge in [-0.3, -0.25) is 14.4 Å². The molecule has 1 aliphatic heterocycles. The first-order valence-electron chi connectivity index (χ1n) is 6.70. The first-order valence-corrected chi connectivity index (χ1v) is 7.69. The smallest absolute Gasteiger partial charge is 0.251 e. The fraction of sp³-hybridized carbons (Fsp3) is 0.357. The van der Waals surface area contributed by atoms with Crippen LogP contribution in [0.25, 0.3) is 0 Å². The number of anilines is 1. The van der Waals surface area contributed by atoms with E-state index in [1.807, 2.05) is 0 Å². The molecule has 0 aromatic heterocycles. The van der Waals surface area contributed by atoms with Crippen molar-refractivity contribution < 1.29 is 19.1 Å². The van der Waals surface area contributed by atoms with E-state index in [0.29, 0.717) is 30.2 Å². The van der Waals surface area contributed by atoms with E-state index in [2.05, 4.69) is 16.0 Å². The lowest BCUT2D eigenvalue weighted by atomic mass is 10.2. The number of methoxy groups -OCH3 is 1. The lowest BCUT2D eigenvalue weighted by Crippen LogP contribution is -2.38. The Morgan fingerprint density at radius 3 is 2.95 bits per heavy atom. The van der Waals surface area contributed by atoms with E-state index >= 15 is 0 Å². The molecule has 0 spiro atoms. The monoisotopic (exact) mass is 323 g/mol. The van der Waals surface area contributed by atoms with Crippen LogP contribution in [0, 0.1) is 0 Å². The number of amides is 3. The molecule has 1 aliphatic rings. The van der Waals surface area contributed by atoms with Gasteiger partial charge in [-0.2, -0.15) is 0 Å². The zero-order valence-corrected chi connectivity index (χ0v) is 12.9. The number of fused-ring (bicyclic) bond motifs is 1. The van der Waals surface area contributed by atoms with Crippen molar-refractivity contribution in [2.45, 2.75) is 4.90 Å². The maximum absolute atomic E-state index is 12.0. The van der Waals surface area contributed by atoms with Crippen LogP contribution in [0.5, 0.6) is 0 Å². The number of hydrogen-bond acceptors (Lipinski definition) is 5. The van der Waals surface area contributed by atoms with Crippen molar-refractivity contribution in [1.82, 2.24) is 10.6 Å². The van der Waals surface area contributed by atoms with Gasteiger partial charge in [0.05, 0.1) is 24.6 Å². The summed E-state index contributed by atoms with van der Waals surface area (Å²) in [6, 6.07) is 5.06. The van der Waals surface area contributed by atoms with Gasteiger partial charge in [-0.05, 0) is 18.2 Å². The average Bonchev–Trinajstić information content (AvgIpc) is 2.52. The minimum Gasteiger partial charge on any atom is -0.383 e. The van der Waals surface area contributed by atoms with Crippen LogP contribution >= 0.6 is 11.8 Å². The Morgan fingerprint density at radius 2 is 2.18 bits per heavy atom. The Labute approximate surface area is 132 Å². The van der Waals surface area contributed by atoms with Crippen LogP contribution in [-0.4, -0.2) is 50.3 Å². The number of carbonyl (C=O) groups is 3.